The number of hydrogen-bond acceptors (Lipinski definition) is 17. The highest BCUT2D eigenvalue weighted by atomic mass is 16.4. The third-order valence-corrected chi connectivity index (χ3v) is 10.3. The van der Waals surface area contributed by atoms with E-state index in [4.69, 9.17) is 10.8 Å². The zero-order chi connectivity index (χ0) is 52.2. The second kappa shape index (κ2) is 26.5. The van der Waals surface area contributed by atoms with Crippen molar-refractivity contribution in [3.05, 3.63) is 40.2 Å². The summed E-state index contributed by atoms with van der Waals surface area (Å²) in [6, 6.07) is -3.21. The fourth-order valence-electron chi connectivity index (χ4n) is 6.59. The topological polar surface area (TPSA) is 485 Å². The first-order valence-electron chi connectivity index (χ1n) is 21.0. The Morgan fingerprint density at radius 2 is 1.01 bits per heavy atom. The number of hydrogen-bond donors (Lipinski definition) is 15. The number of nitrogen functional groups attached to an aromatic ring is 1. The number of carbonyl (C=O) groups is 12. The Balaban J connectivity index is 1.45. The quantitative estimate of drug-likeness (QED) is 0.0340. The minimum absolute atomic E-state index is 0.0196. The maximum atomic E-state index is 12.9. The summed E-state index contributed by atoms with van der Waals surface area (Å²) in [5.41, 5.74) is 5.43. The molecule has 0 radical (unpaired) electrons. The molecule has 1 aromatic carbocycles. The molecule has 1 aliphatic heterocycles. The molecule has 0 unspecified atom stereocenters. The number of nitrogens with one attached hydrogen (secondary N) is 8. The van der Waals surface area contributed by atoms with Gasteiger partial charge in [-0.2, -0.15) is 4.98 Å². The van der Waals surface area contributed by atoms with Crippen LogP contribution in [0, 0.1) is 0 Å². The van der Waals surface area contributed by atoms with Gasteiger partial charge in [-0.15, -0.1) is 0 Å². The van der Waals surface area contributed by atoms with E-state index in [0.29, 0.717) is 12.1 Å². The van der Waals surface area contributed by atoms with Crippen LogP contribution in [0.4, 0.5) is 23.1 Å². The van der Waals surface area contributed by atoms with Crippen molar-refractivity contribution in [2.75, 3.05) is 34.4 Å². The van der Waals surface area contributed by atoms with Gasteiger partial charge in [-0.1, -0.05) is 0 Å². The molecule has 30 nitrogen and oxygen atoms in total. The van der Waals surface area contributed by atoms with Gasteiger partial charge in [-0.05, 0) is 56.4 Å². The summed E-state index contributed by atoms with van der Waals surface area (Å²) in [7, 11) is 0. The van der Waals surface area contributed by atoms with E-state index in [-0.39, 0.29) is 36.1 Å². The predicted molar refractivity (Wildman–Crippen MR) is 236 cm³/mol. The van der Waals surface area contributed by atoms with Crippen molar-refractivity contribution in [1.82, 2.24) is 36.6 Å². The summed E-state index contributed by atoms with van der Waals surface area (Å²) in [5.74, 6) is -14.0. The van der Waals surface area contributed by atoms with E-state index in [1.165, 1.54) is 29.2 Å². The Morgan fingerprint density at radius 3 is 1.39 bits per heavy atom. The molecule has 2 aromatic rings. The highest BCUT2D eigenvalue weighted by Gasteiger charge is 2.31. The lowest BCUT2D eigenvalue weighted by Gasteiger charge is -2.34. The third-order valence-electron chi connectivity index (χ3n) is 10.3. The van der Waals surface area contributed by atoms with E-state index in [1.807, 2.05) is 5.32 Å². The molecule has 70 heavy (non-hydrogen) atoms. The number of carboxylic acid groups (broad SMARTS) is 6. The zero-order valence-electron chi connectivity index (χ0n) is 36.8. The Bertz CT molecular complexity index is 2380. The highest BCUT2D eigenvalue weighted by molar-refractivity contribution is 5.97. The summed E-state index contributed by atoms with van der Waals surface area (Å²) in [4.78, 5) is 164. The van der Waals surface area contributed by atoms with Gasteiger partial charge in [0.1, 0.15) is 30.2 Å². The molecule has 0 aliphatic carbocycles. The van der Waals surface area contributed by atoms with Gasteiger partial charge < -0.3 is 78.5 Å². The van der Waals surface area contributed by atoms with Gasteiger partial charge >= 0.3 is 35.8 Å². The molecular formula is C40H51N11O19. The fraction of sp³-hybridized carbons (Fsp3) is 0.450. The van der Waals surface area contributed by atoms with Gasteiger partial charge in [0.15, 0.2) is 11.5 Å². The van der Waals surface area contributed by atoms with Crippen molar-refractivity contribution in [3.8, 4) is 0 Å². The lowest BCUT2D eigenvalue weighted by molar-refractivity contribution is -0.144. The predicted octanol–water partition coefficient (Wildman–Crippen LogP) is -3.33. The molecule has 0 fully saturated rings. The maximum Gasteiger partial charge on any atom is 0.326 e. The Hall–Kier alpha value is -8.86. The van der Waals surface area contributed by atoms with Crippen LogP contribution >= 0.6 is 0 Å². The number of nitrogens with zero attached hydrogens (tertiary/aromatic N) is 2. The maximum absolute atomic E-state index is 12.9. The standard InChI is InChI=1S/C40H51N11O19/c41-40-49-32-31(34(60)50-40)51(17-52)20(16-43-32)15-42-19-3-1-18(2-4-19)33(59)48-25(39(69)70)8-13-29(56)46-23(37(65)66)6-11-27(54)44-21(35(61)62)5-10-26(53)45-22(36(63)64)7-12-28(55)47-24(38(67)68)9-14-30(57)58/h1-4,17,20-25,42H,5-16H2,(H,44,54)(H,45,53)(H,46,56)(H,47,55)(H,48,59)(H,57,58)(H,61,62)(H,63,64)(H,65,66)(H,67,68)(H,69,70)(H4,41,43,49,50,60)/t20-,21-,22-,23-,24-,25-/m0/s1. The number of anilines is 4. The summed E-state index contributed by atoms with van der Waals surface area (Å²) < 4.78 is 0. The minimum atomic E-state index is -1.74. The number of aromatic nitrogens is 2. The lowest BCUT2D eigenvalue weighted by Crippen LogP contribution is -2.50. The van der Waals surface area contributed by atoms with Gasteiger partial charge in [0.2, 0.25) is 36.0 Å². The van der Waals surface area contributed by atoms with Gasteiger partial charge in [-0.25, -0.2) is 24.0 Å². The average molecular weight is 990 g/mol. The molecule has 1 aromatic heterocycles. The average Bonchev–Trinajstić information content (AvgIpc) is 3.28. The SMILES string of the molecule is Nc1nc2c(c(=O)[nH]1)N(C=O)[C@@H](CNc1ccc(C(=O)N[C@@H](CCC(=O)N[C@@H](CCC(=O)N[C@@H](CCC(=O)N[C@@H](CCC(=O)N[C@@H](CCC(=O)O)C(=O)O)C(=O)O)C(=O)O)C(=O)O)C(=O)O)cc1)CN2. The van der Waals surface area contributed by atoms with Crippen LogP contribution in [0.25, 0.3) is 0 Å². The summed E-state index contributed by atoms with van der Waals surface area (Å²) in [5, 5.41) is 73.0. The minimum Gasteiger partial charge on any atom is -0.481 e. The lowest BCUT2D eigenvalue weighted by atomic mass is 10.1. The van der Waals surface area contributed by atoms with Gasteiger partial charge in [0.05, 0.1) is 6.04 Å². The first-order chi connectivity index (χ1) is 33.0. The molecule has 0 spiro atoms. The molecule has 6 amide bonds. The summed E-state index contributed by atoms with van der Waals surface area (Å²) in [6.07, 6.45) is -5.35. The molecule has 2 heterocycles. The number of aromatic amines is 1. The molecule has 0 saturated carbocycles. The zero-order valence-corrected chi connectivity index (χ0v) is 36.8. The smallest absolute Gasteiger partial charge is 0.326 e. The molecule has 0 bridgehead atoms. The summed E-state index contributed by atoms with van der Waals surface area (Å²) in [6.45, 7) is 0.352. The number of carbonyl (C=O) groups excluding carboxylic acids is 6. The van der Waals surface area contributed by atoms with Crippen LogP contribution in [0.1, 0.15) is 74.6 Å². The summed E-state index contributed by atoms with van der Waals surface area (Å²) >= 11 is 0. The molecule has 3 rings (SSSR count). The van der Waals surface area contributed by atoms with Crippen LogP contribution in [0.5, 0.6) is 0 Å². The largest absolute Gasteiger partial charge is 0.481 e. The second-order valence-electron chi connectivity index (χ2n) is 15.4. The van der Waals surface area contributed by atoms with E-state index < -0.39 is 171 Å². The number of amides is 6. The van der Waals surface area contributed by atoms with E-state index >= 15 is 0 Å². The van der Waals surface area contributed by atoms with Crippen molar-refractivity contribution in [2.45, 2.75) is 100 Å². The molecule has 380 valence electrons. The number of carboxylic acids is 6. The number of aliphatic carboxylic acids is 6. The molecule has 0 saturated heterocycles. The van der Waals surface area contributed by atoms with Crippen molar-refractivity contribution in [3.63, 3.8) is 0 Å². The van der Waals surface area contributed by atoms with Crippen LogP contribution in [0.15, 0.2) is 29.1 Å². The van der Waals surface area contributed by atoms with Crippen molar-refractivity contribution < 1.29 is 88.2 Å². The molecule has 30 heteroatoms. The fourth-order valence-corrected chi connectivity index (χ4v) is 6.59. The number of nitrogens with two attached hydrogens (primary N) is 1. The molecule has 6 atom stereocenters. The van der Waals surface area contributed by atoms with Gasteiger partial charge in [0, 0.05) is 56.4 Å². The molecule has 16 N–H and O–H groups in total. The van der Waals surface area contributed by atoms with E-state index in [0.717, 1.165) is 0 Å². The molecular weight excluding hydrogens is 938 g/mol. The third kappa shape index (κ3) is 17.7. The van der Waals surface area contributed by atoms with Crippen LogP contribution < -0.4 is 53.4 Å². The van der Waals surface area contributed by atoms with E-state index in [2.05, 4.69) is 41.9 Å². The number of benzene rings is 1. The van der Waals surface area contributed by atoms with Crippen LogP contribution in [-0.2, 0) is 52.7 Å². The normalized spacial score (nSPS) is 14.8. The Kier molecular flexibility index (Phi) is 21.0. The van der Waals surface area contributed by atoms with Crippen molar-refractivity contribution in [2.24, 2.45) is 0 Å². The monoisotopic (exact) mass is 989 g/mol. The highest BCUT2D eigenvalue weighted by Crippen LogP contribution is 2.25. The van der Waals surface area contributed by atoms with Gasteiger partial charge in [-0.3, -0.25) is 43.3 Å². The number of fused-ring (bicyclic) bond motifs is 1. The number of rotatable bonds is 30. The van der Waals surface area contributed by atoms with Crippen LogP contribution in [0.2, 0.25) is 0 Å². The Labute approximate surface area is 394 Å². The second-order valence-corrected chi connectivity index (χ2v) is 15.4. The van der Waals surface area contributed by atoms with Gasteiger partial charge in [0.25, 0.3) is 11.5 Å². The van der Waals surface area contributed by atoms with E-state index in [9.17, 15) is 87.9 Å². The van der Waals surface area contributed by atoms with Crippen molar-refractivity contribution in [1.29, 1.82) is 0 Å². The van der Waals surface area contributed by atoms with Crippen LogP contribution in [-0.4, -0.2) is 162 Å². The van der Waals surface area contributed by atoms with Crippen LogP contribution in [0.3, 0.4) is 0 Å². The first-order valence-corrected chi connectivity index (χ1v) is 21.0. The number of H-pyrrole nitrogens is 1. The van der Waals surface area contributed by atoms with E-state index in [1.54, 1.807) is 0 Å². The van der Waals surface area contributed by atoms with Crippen molar-refractivity contribution >= 4 is 94.9 Å². The first kappa shape index (κ1) is 55.5. The Morgan fingerprint density at radius 1 is 0.629 bits per heavy atom. The molecule has 1 aliphatic rings.